The first-order chi connectivity index (χ1) is 9.78. The number of nitrogen functional groups attached to an aromatic ring is 1. The van der Waals surface area contributed by atoms with Crippen LogP contribution in [0.4, 0.5) is 10.1 Å². The summed E-state index contributed by atoms with van der Waals surface area (Å²) in [6.45, 7) is 8.46. The van der Waals surface area contributed by atoms with Crippen LogP contribution < -0.4 is 5.73 Å². The first-order valence-corrected chi connectivity index (χ1v) is 6.84. The average molecular weight is 296 g/mol. The van der Waals surface area contributed by atoms with Crippen molar-refractivity contribution >= 4 is 12.2 Å². The van der Waals surface area contributed by atoms with Gasteiger partial charge in [-0.15, -0.1) is 0 Å². The van der Waals surface area contributed by atoms with Crippen LogP contribution >= 0.6 is 0 Å². The molecule has 1 aromatic rings. The van der Waals surface area contributed by atoms with E-state index in [0.29, 0.717) is 6.47 Å². The third-order valence-corrected chi connectivity index (χ3v) is 3.37. The average Bonchev–Trinajstić information content (AvgIpc) is 2.95. The molecule has 0 saturated carbocycles. The first-order valence-electron chi connectivity index (χ1n) is 6.84. The summed E-state index contributed by atoms with van der Waals surface area (Å²) in [5.41, 5.74) is 5.84. The molecule has 0 amide bonds. The number of hydrogen-bond acceptors (Lipinski definition) is 5. The van der Waals surface area contributed by atoms with Crippen molar-refractivity contribution in [2.24, 2.45) is 0 Å². The van der Waals surface area contributed by atoms with Crippen molar-refractivity contribution in [3.05, 3.63) is 29.6 Å². The Balaban J connectivity index is 0.000000199. The fourth-order valence-corrected chi connectivity index (χ4v) is 2.22. The lowest BCUT2D eigenvalue weighted by molar-refractivity contribution is -0.138. The minimum absolute atomic E-state index is 0.190. The number of carbonyl (C=O) groups excluding carboxylic acids is 1. The summed E-state index contributed by atoms with van der Waals surface area (Å²) in [5.74, 6) is -0.362. The van der Waals surface area contributed by atoms with Crippen LogP contribution in [-0.4, -0.2) is 36.7 Å². The molecule has 0 bridgehead atoms. The van der Waals surface area contributed by atoms with Gasteiger partial charge in [0.25, 0.3) is 6.47 Å². The summed E-state index contributed by atoms with van der Waals surface area (Å²) in [7, 11) is 0. The number of nitrogens with zero attached hydrogens (tertiary/aromatic N) is 1. The highest BCUT2D eigenvalue weighted by Crippen LogP contribution is 2.47. The van der Waals surface area contributed by atoms with E-state index in [9.17, 15) is 9.18 Å². The third-order valence-electron chi connectivity index (χ3n) is 3.37. The van der Waals surface area contributed by atoms with Crippen LogP contribution in [0.5, 0.6) is 0 Å². The molecule has 0 spiro atoms. The number of anilines is 1. The standard InChI is InChI=1S/C10H11FN2O.C5H10O2/c11-8-5-7(1-2-9(8)12)10-6-13(10)3-4-14-10;1-5(2,3)7-4-6/h1-2,5H,3-4,6,12H2;4H,1-3H3. The molecule has 2 N–H and O–H groups in total. The van der Waals surface area contributed by atoms with Crippen LogP contribution in [0.15, 0.2) is 18.2 Å². The Labute approximate surface area is 123 Å². The van der Waals surface area contributed by atoms with Crippen molar-refractivity contribution < 1.29 is 18.7 Å². The number of hydrogen-bond donors (Lipinski definition) is 1. The van der Waals surface area contributed by atoms with Gasteiger partial charge in [-0.1, -0.05) is 6.07 Å². The fraction of sp³-hybridized carbons (Fsp3) is 0.533. The number of carbonyl (C=O) groups is 1. The second-order valence-electron chi connectivity index (χ2n) is 6.12. The molecule has 0 aliphatic carbocycles. The van der Waals surface area contributed by atoms with Gasteiger partial charge in [0.05, 0.1) is 12.3 Å². The Morgan fingerprint density at radius 2 is 2.19 bits per heavy atom. The molecular weight excluding hydrogens is 275 g/mol. The Morgan fingerprint density at radius 3 is 2.57 bits per heavy atom. The van der Waals surface area contributed by atoms with Gasteiger partial charge in [0.2, 0.25) is 0 Å². The predicted molar refractivity (Wildman–Crippen MR) is 76.9 cm³/mol. The van der Waals surface area contributed by atoms with Crippen LogP contribution in [0.1, 0.15) is 26.3 Å². The number of halogens is 1. The zero-order chi connectivity index (χ0) is 15.7. The molecule has 2 saturated heterocycles. The lowest BCUT2D eigenvalue weighted by Gasteiger charge is -2.14. The van der Waals surface area contributed by atoms with Crippen molar-refractivity contribution in [1.82, 2.24) is 4.90 Å². The Morgan fingerprint density at radius 1 is 1.48 bits per heavy atom. The largest absolute Gasteiger partial charge is 0.462 e. The molecule has 2 fully saturated rings. The van der Waals surface area contributed by atoms with E-state index in [0.717, 1.165) is 25.3 Å². The molecule has 5 nitrogen and oxygen atoms in total. The molecule has 2 aliphatic heterocycles. The summed E-state index contributed by atoms with van der Waals surface area (Å²) in [6.07, 6.45) is 0. The van der Waals surface area contributed by atoms with E-state index in [1.165, 1.54) is 6.07 Å². The normalized spacial score (nSPS) is 26.4. The van der Waals surface area contributed by atoms with Crippen LogP contribution in [0.25, 0.3) is 0 Å². The maximum atomic E-state index is 13.2. The number of fused-ring (bicyclic) bond motifs is 1. The monoisotopic (exact) mass is 296 g/mol. The number of morpholine rings is 1. The minimum atomic E-state index is -0.362. The summed E-state index contributed by atoms with van der Waals surface area (Å²) >= 11 is 0. The van der Waals surface area contributed by atoms with Gasteiger partial charge >= 0.3 is 0 Å². The Hall–Kier alpha value is -1.66. The topological polar surface area (TPSA) is 64.6 Å². The molecule has 21 heavy (non-hydrogen) atoms. The van der Waals surface area contributed by atoms with Crippen LogP contribution in [0, 0.1) is 5.82 Å². The molecule has 0 aromatic heterocycles. The molecule has 116 valence electrons. The van der Waals surface area contributed by atoms with Crippen molar-refractivity contribution in [2.45, 2.75) is 32.1 Å². The lowest BCUT2D eigenvalue weighted by Crippen LogP contribution is -2.17. The zero-order valence-corrected chi connectivity index (χ0v) is 12.6. The van der Waals surface area contributed by atoms with Gasteiger partial charge in [0.15, 0.2) is 5.72 Å². The second-order valence-corrected chi connectivity index (χ2v) is 6.12. The lowest BCUT2D eigenvalue weighted by atomic mass is 10.1. The first kappa shape index (κ1) is 15.7. The molecule has 2 atom stereocenters. The number of rotatable bonds is 2. The molecule has 2 heterocycles. The highest BCUT2D eigenvalue weighted by Gasteiger charge is 2.58. The van der Waals surface area contributed by atoms with E-state index in [2.05, 4.69) is 9.64 Å². The van der Waals surface area contributed by atoms with E-state index >= 15 is 0 Å². The quantitative estimate of drug-likeness (QED) is 0.513. The van der Waals surface area contributed by atoms with E-state index in [4.69, 9.17) is 10.5 Å². The zero-order valence-electron chi connectivity index (χ0n) is 12.6. The number of ether oxygens (including phenoxy) is 2. The number of nitrogens with two attached hydrogens (primary N) is 1. The summed E-state index contributed by atoms with van der Waals surface area (Å²) in [5, 5.41) is 0. The van der Waals surface area contributed by atoms with Gasteiger partial charge in [0.1, 0.15) is 11.4 Å². The van der Waals surface area contributed by atoms with Gasteiger partial charge in [-0.25, -0.2) is 4.39 Å². The Bertz CT molecular complexity index is 530. The molecule has 3 rings (SSSR count). The summed E-state index contributed by atoms with van der Waals surface area (Å²) < 4.78 is 23.4. The van der Waals surface area contributed by atoms with E-state index in [1.54, 1.807) is 6.07 Å². The third kappa shape index (κ3) is 3.51. The second kappa shape index (κ2) is 5.61. The smallest absolute Gasteiger partial charge is 0.293 e. The van der Waals surface area contributed by atoms with Crippen molar-refractivity contribution in [3.63, 3.8) is 0 Å². The van der Waals surface area contributed by atoms with Crippen LogP contribution in [-0.2, 0) is 20.0 Å². The fourth-order valence-electron chi connectivity index (χ4n) is 2.22. The molecule has 1 aromatic carbocycles. The summed E-state index contributed by atoms with van der Waals surface area (Å²) in [6, 6.07) is 4.90. The van der Waals surface area contributed by atoms with Gasteiger partial charge in [-0.05, 0) is 32.9 Å². The van der Waals surface area contributed by atoms with Gasteiger partial charge < -0.3 is 15.2 Å². The van der Waals surface area contributed by atoms with Gasteiger partial charge in [-0.2, -0.15) is 0 Å². The van der Waals surface area contributed by atoms with Crippen molar-refractivity contribution in [3.8, 4) is 0 Å². The molecule has 2 aliphatic rings. The van der Waals surface area contributed by atoms with Gasteiger partial charge in [0, 0.05) is 18.7 Å². The highest BCUT2D eigenvalue weighted by molar-refractivity contribution is 5.44. The van der Waals surface area contributed by atoms with Crippen molar-refractivity contribution in [2.75, 3.05) is 25.4 Å². The van der Waals surface area contributed by atoms with Crippen LogP contribution in [0.2, 0.25) is 0 Å². The number of benzene rings is 1. The van der Waals surface area contributed by atoms with Crippen molar-refractivity contribution in [1.29, 1.82) is 0 Å². The summed E-state index contributed by atoms with van der Waals surface area (Å²) in [4.78, 5) is 11.8. The molecule has 0 radical (unpaired) electrons. The molecule has 6 heteroatoms. The molecular formula is C15H21FN2O3. The van der Waals surface area contributed by atoms with E-state index in [-0.39, 0.29) is 22.8 Å². The SMILES string of the molecule is CC(C)(C)OC=O.Nc1ccc(C23CN2CCO3)cc1F. The predicted octanol–water partition coefficient (Wildman–Crippen LogP) is 1.86. The Kier molecular flexibility index (Phi) is 4.20. The van der Waals surface area contributed by atoms with Crippen LogP contribution in [0.3, 0.4) is 0 Å². The maximum absolute atomic E-state index is 13.2. The van der Waals surface area contributed by atoms with E-state index < -0.39 is 0 Å². The minimum Gasteiger partial charge on any atom is -0.462 e. The highest BCUT2D eigenvalue weighted by atomic mass is 19.1. The molecule has 2 unspecified atom stereocenters. The van der Waals surface area contributed by atoms with Gasteiger partial charge in [-0.3, -0.25) is 9.69 Å². The van der Waals surface area contributed by atoms with E-state index in [1.807, 2.05) is 26.8 Å². The maximum Gasteiger partial charge on any atom is 0.293 e.